The van der Waals surface area contributed by atoms with Crippen LogP contribution in [0.4, 0.5) is 5.69 Å². The fourth-order valence-electron chi connectivity index (χ4n) is 2.83. The Morgan fingerprint density at radius 3 is 2.86 bits per heavy atom. The second-order valence-electron chi connectivity index (χ2n) is 5.96. The van der Waals surface area contributed by atoms with E-state index >= 15 is 0 Å². The van der Waals surface area contributed by atoms with E-state index in [0.29, 0.717) is 5.56 Å². The summed E-state index contributed by atoms with van der Waals surface area (Å²) in [7, 11) is 0. The van der Waals surface area contributed by atoms with Crippen molar-refractivity contribution in [2.45, 2.75) is 45.2 Å². The van der Waals surface area contributed by atoms with Gasteiger partial charge in [-0.25, -0.2) is 0 Å². The van der Waals surface area contributed by atoms with E-state index in [1.807, 2.05) is 13.8 Å². The second-order valence-corrected chi connectivity index (χ2v) is 5.96. The number of non-ortho nitro benzene ring substituents is 1. The number of amides is 1. The molecule has 3 N–H and O–H groups in total. The van der Waals surface area contributed by atoms with Crippen molar-refractivity contribution >= 4 is 11.6 Å². The zero-order chi connectivity index (χ0) is 15.6. The van der Waals surface area contributed by atoms with Crippen LogP contribution >= 0.6 is 0 Å². The Kier molecular flexibility index (Phi) is 4.27. The molecule has 0 aromatic heterocycles. The summed E-state index contributed by atoms with van der Waals surface area (Å²) in [5.41, 5.74) is 6.24. The van der Waals surface area contributed by atoms with Crippen LogP contribution in [0, 0.1) is 15.5 Å². The molecule has 21 heavy (non-hydrogen) atoms. The molecule has 1 fully saturated rings. The highest BCUT2D eigenvalue weighted by Crippen LogP contribution is 2.37. The summed E-state index contributed by atoms with van der Waals surface area (Å²) in [4.78, 5) is 22.8. The predicted octanol–water partition coefficient (Wildman–Crippen LogP) is 2.29. The van der Waals surface area contributed by atoms with Gasteiger partial charge >= 0.3 is 0 Å². The molecule has 1 aliphatic carbocycles. The number of nitro benzene ring substituents is 1. The minimum atomic E-state index is -0.547. The van der Waals surface area contributed by atoms with Crippen LogP contribution < -0.4 is 11.1 Å². The van der Waals surface area contributed by atoms with E-state index in [1.54, 1.807) is 12.1 Å². The molecule has 1 saturated carbocycles. The summed E-state index contributed by atoms with van der Waals surface area (Å²) >= 11 is 0. The van der Waals surface area contributed by atoms with Crippen LogP contribution in [-0.4, -0.2) is 16.9 Å². The molecule has 114 valence electrons. The van der Waals surface area contributed by atoms with Crippen molar-refractivity contribution in [3.05, 3.63) is 39.9 Å². The topological polar surface area (TPSA) is 98.3 Å². The largest absolute Gasteiger partial charge is 0.349 e. The summed E-state index contributed by atoms with van der Waals surface area (Å²) in [6.07, 6.45) is 2.59. The van der Waals surface area contributed by atoms with Gasteiger partial charge in [-0.1, -0.05) is 18.6 Å². The van der Waals surface area contributed by atoms with Crippen molar-refractivity contribution in [2.24, 2.45) is 11.1 Å². The number of carbonyl (C=O) groups excluding carboxylic acids is 1. The zero-order valence-corrected chi connectivity index (χ0v) is 12.3. The van der Waals surface area contributed by atoms with Crippen LogP contribution in [0.5, 0.6) is 0 Å². The highest BCUT2D eigenvalue weighted by Gasteiger charge is 2.43. The van der Waals surface area contributed by atoms with Gasteiger partial charge in [0.15, 0.2) is 0 Å². The van der Waals surface area contributed by atoms with Crippen molar-refractivity contribution in [3.63, 3.8) is 0 Å². The normalized spacial score (nSPS) is 26.3. The standard InChI is InChI=1S/C15H21N3O3/c1-10(11-5-3-6-12(9-11)18(20)21)17-14(19)15(2)8-4-7-13(15)16/h3,5-6,9-10,13H,4,7-8,16H2,1-2H3,(H,17,19). The molecular formula is C15H21N3O3. The smallest absolute Gasteiger partial charge is 0.269 e. The number of hydrogen-bond donors (Lipinski definition) is 2. The number of nitrogens with zero attached hydrogens (tertiary/aromatic N) is 1. The first kappa shape index (κ1) is 15.4. The van der Waals surface area contributed by atoms with Crippen molar-refractivity contribution in [1.29, 1.82) is 0 Å². The van der Waals surface area contributed by atoms with Crippen LogP contribution in [0.2, 0.25) is 0 Å². The average molecular weight is 291 g/mol. The molecule has 0 bridgehead atoms. The van der Waals surface area contributed by atoms with Crippen molar-refractivity contribution < 1.29 is 9.72 Å². The first-order valence-corrected chi connectivity index (χ1v) is 7.15. The zero-order valence-electron chi connectivity index (χ0n) is 12.3. The lowest BCUT2D eigenvalue weighted by molar-refractivity contribution is -0.384. The second kappa shape index (κ2) is 5.81. The van der Waals surface area contributed by atoms with E-state index in [2.05, 4.69) is 5.32 Å². The molecule has 0 aliphatic heterocycles. The van der Waals surface area contributed by atoms with Gasteiger partial charge in [0.1, 0.15) is 0 Å². The Hall–Kier alpha value is -1.95. The number of nitrogens with two attached hydrogens (primary N) is 1. The third kappa shape index (κ3) is 3.05. The Morgan fingerprint density at radius 2 is 2.29 bits per heavy atom. The lowest BCUT2D eigenvalue weighted by Gasteiger charge is -2.29. The molecule has 0 heterocycles. The maximum Gasteiger partial charge on any atom is 0.269 e. The van der Waals surface area contributed by atoms with Gasteiger partial charge in [-0.3, -0.25) is 14.9 Å². The van der Waals surface area contributed by atoms with Gasteiger partial charge in [0.25, 0.3) is 5.69 Å². The Bertz CT molecular complexity index is 561. The van der Waals surface area contributed by atoms with E-state index in [9.17, 15) is 14.9 Å². The molecule has 3 atom stereocenters. The van der Waals surface area contributed by atoms with Gasteiger partial charge in [-0.05, 0) is 32.3 Å². The lowest BCUT2D eigenvalue weighted by atomic mass is 9.84. The molecule has 2 rings (SSSR count). The first-order chi connectivity index (χ1) is 9.84. The Balaban J connectivity index is 2.11. The molecule has 0 radical (unpaired) electrons. The number of carbonyl (C=O) groups is 1. The molecule has 6 heteroatoms. The first-order valence-electron chi connectivity index (χ1n) is 7.15. The quantitative estimate of drug-likeness (QED) is 0.656. The SMILES string of the molecule is CC(NC(=O)C1(C)CCCC1N)c1cccc([N+](=O)[O-])c1. The number of hydrogen-bond acceptors (Lipinski definition) is 4. The molecule has 6 nitrogen and oxygen atoms in total. The van der Waals surface area contributed by atoms with Crippen molar-refractivity contribution in [1.82, 2.24) is 5.32 Å². The van der Waals surface area contributed by atoms with Crippen LogP contribution in [0.15, 0.2) is 24.3 Å². The van der Waals surface area contributed by atoms with Crippen LogP contribution in [-0.2, 0) is 4.79 Å². The van der Waals surface area contributed by atoms with Crippen molar-refractivity contribution in [3.8, 4) is 0 Å². The molecule has 1 amide bonds. The molecule has 1 aliphatic rings. The van der Waals surface area contributed by atoms with Crippen molar-refractivity contribution in [2.75, 3.05) is 0 Å². The Labute approximate surface area is 123 Å². The molecule has 1 aromatic rings. The maximum atomic E-state index is 12.5. The summed E-state index contributed by atoms with van der Waals surface area (Å²) < 4.78 is 0. The minimum Gasteiger partial charge on any atom is -0.349 e. The summed E-state index contributed by atoms with van der Waals surface area (Å²) in [6.45, 7) is 3.71. The van der Waals surface area contributed by atoms with Gasteiger partial charge in [0.2, 0.25) is 5.91 Å². The molecule has 0 spiro atoms. The van der Waals surface area contributed by atoms with Gasteiger partial charge in [-0.15, -0.1) is 0 Å². The molecule has 3 unspecified atom stereocenters. The highest BCUT2D eigenvalue weighted by atomic mass is 16.6. The minimum absolute atomic E-state index is 0.0254. The van der Waals surface area contributed by atoms with Gasteiger partial charge in [-0.2, -0.15) is 0 Å². The molecular weight excluding hydrogens is 270 g/mol. The average Bonchev–Trinajstić information content (AvgIpc) is 2.80. The number of benzene rings is 1. The van der Waals surface area contributed by atoms with Gasteiger partial charge < -0.3 is 11.1 Å². The summed E-state index contributed by atoms with van der Waals surface area (Å²) in [5, 5.41) is 13.7. The third-order valence-corrected chi connectivity index (χ3v) is 4.48. The number of nitrogens with one attached hydrogen (secondary N) is 1. The van der Waals surface area contributed by atoms with E-state index in [1.165, 1.54) is 12.1 Å². The highest BCUT2D eigenvalue weighted by molar-refractivity contribution is 5.83. The third-order valence-electron chi connectivity index (χ3n) is 4.48. The fraction of sp³-hybridized carbons (Fsp3) is 0.533. The van der Waals surface area contributed by atoms with E-state index in [4.69, 9.17) is 5.73 Å². The maximum absolute atomic E-state index is 12.5. The molecule has 0 saturated heterocycles. The van der Waals surface area contributed by atoms with E-state index < -0.39 is 10.3 Å². The summed E-state index contributed by atoms with van der Waals surface area (Å²) in [5.74, 6) is -0.0773. The van der Waals surface area contributed by atoms with E-state index in [-0.39, 0.29) is 23.7 Å². The van der Waals surface area contributed by atoms with Crippen LogP contribution in [0.3, 0.4) is 0 Å². The summed E-state index contributed by atoms with van der Waals surface area (Å²) in [6, 6.07) is 5.90. The Morgan fingerprint density at radius 1 is 1.57 bits per heavy atom. The van der Waals surface area contributed by atoms with Crippen LogP contribution in [0.25, 0.3) is 0 Å². The predicted molar refractivity (Wildman–Crippen MR) is 79.6 cm³/mol. The number of nitro groups is 1. The van der Waals surface area contributed by atoms with E-state index in [0.717, 1.165) is 19.3 Å². The van der Waals surface area contributed by atoms with Crippen LogP contribution in [0.1, 0.15) is 44.7 Å². The van der Waals surface area contributed by atoms with Gasteiger partial charge in [0, 0.05) is 18.2 Å². The van der Waals surface area contributed by atoms with Gasteiger partial charge in [0.05, 0.1) is 16.4 Å². The number of rotatable bonds is 4. The lowest BCUT2D eigenvalue weighted by Crippen LogP contribution is -2.47. The fourth-order valence-corrected chi connectivity index (χ4v) is 2.83. The monoisotopic (exact) mass is 291 g/mol. The molecule has 1 aromatic carbocycles.